The number of halogens is 1. The lowest BCUT2D eigenvalue weighted by atomic mass is 10.1. The number of aryl methyl sites for hydroxylation is 1. The standard InChI is InChI=1S/C14H20FNO2/c1-10(2)13(16)14(17)18-9-3-4-11-5-7-12(15)8-6-11/h5-8,10,13H,3-4,9,16H2,1-2H3/t13-/m0/s1. The molecule has 0 saturated heterocycles. The van der Waals surface area contributed by atoms with Crippen LogP contribution in [0.5, 0.6) is 0 Å². The molecule has 1 rings (SSSR count). The summed E-state index contributed by atoms with van der Waals surface area (Å²) < 4.78 is 17.7. The summed E-state index contributed by atoms with van der Waals surface area (Å²) in [6, 6.07) is 5.76. The van der Waals surface area contributed by atoms with Gasteiger partial charge in [0, 0.05) is 0 Å². The SMILES string of the molecule is CC(C)[C@H](N)C(=O)OCCCc1ccc(F)cc1. The molecule has 0 bridgehead atoms. The Morgan fingerprint density at radius 1 is 1.33 bits per heavy atom. The topological polar surface area (TPSA) is 52.3 Å². The molecule has 0 aromatic heterocycles. The Bertz CT molecular complexity index is 376. The molecule has 0 heterocycles. The Labute approximate surface area is 107 Å². The molecule has 1 aromatic rings. The molecule has 1 aromatic carbocycles. The zero-order valence-corrected chi connectivity index (χ0v) is 10.9. The Hall–Kier alpha value is -1.42. The van der Waals surface area contributed by atoms with Crippen molar-refractivity contribution in [1.82, 2.24) is 0 Å². The minimum atomic E-state index is -0.559. The number of rotatable bonds is 6. The van der Waals surface area contributed by atoms with Crippen molar-refractivity contribution < 1.29 is 13.9 Å². The maximum atomic E-state index is 12.7. The largest absolute Gasteiger partial charge is 0.465 e. The maximum Gasteiger partial charge on any atom is 0.323 e. The van der Waals surface area contributed by atoms with E-state index in [9.17, 15) is 9.18 Å². The van der Waals surface area contributed by atoms with E-state index in [0.29, 0.717) is 13.0 Å². The van der Waals surface area contributed by atoms with E-state index in [1.54, 1.807) is 12.1 Å². The number of esters is 1. The first kappa shape index (κ1) is 14.6. The Morgan fingerprint density at radius 2 is 1.94 bits per heavy atom. The summed E-state index contributed by atoms with van der Waals surface area (Å²) in [5, 5.41) is 0. The Balaban J connectivity index is 2.23. The van der Waals surface area contributed by atoms with Gasteiger partial charge in [-0.1, -0.05) is 26.0 Å². The highest BCUT2D eigenvalue weighted by Gasteiger charge is 2.18. The van der Waals surface area contributed by atoms with E-state index in [-0.39, 0.29) is 17.7 Å². The van der Waals surface area contributed by atoms with Crippen LogP contribution in [0.4, 0.5) is 4.39 Å². The molecular weight excluding hydrogens is 233 g/mol. The lowest BCUT2D eigenvalue weighted by Gasteiger charge is -2.14. The van der Waals surface area contributed by atoms with Crippen molar-refractivity contribution in [2.75, 3.05) is 6.61 Å². The third kappa shape index (κ3) is 4.84. The average molecular weight is 253 g/mol. The molecule has 0 spiro atoms. The number of nitrogens with two attached hydrogens (primary N) is 1. The number of carbonyl (C=O) groups excluding carboxylic acids is 1. The van der Waals surface area contributed by atoms with E-state index in [0.717, 1.165) is 12.0 Å². The summed E-state index contributed by atoms with van der Waals surface area (Å²) in [6.45, 7) is 4.10. The van der Waals surface area contributed by atoms with Crippen molar-refractivity contribution in [3.8, 4) is 0 Å². The van der Waals surface area contributed by atoms with Gasteiger partial charge in [-0.3, -0.25) is 4.79 Å². The van der Waals surface area contributed by atoms with Crippen LogP contribution in [0.25, 0.3) is 0 Å². The molecule has 0 radical (unpaired) electrons. The van der Waals surface area contributed by atoms with Gasteiger partial charge in [-0.2, -0.15) is 0 Å². The van der Waals surface area contributed by atoms with Crippen molar-refractivity contribution in [2.45, 2.75) is 32.7 Å². The predicted molar refractivity (Wildman–Crippen MR) is 68.5 cm³/mol. The maximum absolute atomic E-state index is 12.7. The van der Waals surface area contributed by atoms with Gasteiger partial charge in [-0.25, -0.2) is 4.39 Å². The van der Waals surface area contributed by atoms with E-state index in [1.165, 1.54) is 12.1 Å². The molecule has 18 heavy (non-hydrogen) atoms. The zero-order chi connectivity index (χ0) is 13.5. The third-order valence-corrected chi connectivity index (χ3v) is 2.76. The predicted octanol–water partition coefficient (Wildman–Crippen LogP) is 2.28. The lowest BCUT2D eigenvalue weighted by molar-refractivity contribution is -0.146. The molecule has 0 aliphatic heterocycles. The first-order valence-electron chi connectivity index (χ1n) is 6.17. The second-order valence-corrected chi connectivity index (χ2v) is 4.67. The van der Waals surface area contributed by atoms with Gasteiger partial charge < -0.3 is 10.5 Å². The number of carbonyl (C=O) groups is 1. The quantitative estimate of drug-likeness (QED) is 0.625. The summed E-state index contributed by atoms with van der Waals surface area (Å²) in [7, 11) is 0. The molecule has 100 valence electrons. The highest BCUT2D eigenvalue weighted by molar-refractivity contribution is 5.75. The number of ether oxygens (including phenoxy) is 1. The molecule has 1 atom stereocenters. The van der Waals surface area contributed by atoms with Crippen LogP contribution in [0, 0.1) is 11.7 Å². The van der Waals surface area contributed by atoms with Gasteiger partial charge >= 0.3 is 5.97 Å². The van der Waals surface area contributed by atoms with Crippen LogP contribution in [-0.4, -0.2) is 18.6 Å². The van der Waals surface area contributed by atoms with E-state index < -0.39 is 6.04 Å². The molecule has 0 fully saturated rings. The summed E-state index contributed by atoms with van der Waals surface area (Å²) in [4.78, 5) is 11.4. The minimum Gasteiger partial charge on any atom is -0.465 e. The number of hydrogen-bond donors (Lipinski definition) is 1. The fourth-order valence-corrected chi connectivity index (χ4v) is 1.47. The van der Waals surface area contributed by atoms with Gasteiger partial charge in [0.25, 0.3) is 0 Å². The van der Waals surface area contributed by atoms with Crippen LogP contribution in [-0.2, 0) is 16.0 Å². The van der Waals surface area contributed by atoms with Crippen LogP contribution in [0.3, 0.4) is 0 Å². The second kappa shape index (κ2) is 7.11. The van der Waals surface area contributed by atoms with E-state index in [2.05, 4.69) is 0 Å². The first-order valence-corrected chi connectivity index (χ1v) is 6.17. The summed E-state index contributed by atoms with van der Waals surface area (Å²) >= 11 is 0. The summed E-state index contributed by atoms with van der Waals surface area (Å²) in [5.41, 5.74) is 6.68. The zero-order valence-electron chi connectivity index (χ0n) is 10.9. The van der Waals surface area contributed by atoms with Gasteiger partial charge in [0.05, 0.1) is 6.61 Å². The highest BCUT2D eigenvalue weighted by Crippen LogP contribution is 2.06. The molecule has 3 nitrogen and oxygen atoms in total. The van der Waals surface area contributed by atoms with Gasteiger partial charge in [0.1, 0.15) is 11.9 Å². The molecule has 0 aliphatic rings. The van der Waals surface area contributed by atoms with Gasteiger partial charge in [-0.05, 0) is 36.5 Å². The van der Waals surface area contributed by atoms with Crippen LogP contribution in [0.2, 0.25) is 0 Å². The van der Waals surface area contributed by atoms with Crippen LogP contribution in [0.1, 0.15) is 25.8 Å². The molecule has 0 aliphatic carbocycles. The molecule has 4 heteroatoms. The van der Waals surface area contributed by atoms with Crippen LogP contribution in [0.15, 0.2) is 24.3 Å². The number of hydrogen-bond acceptors (Lipinski definition) is 3. The molecule has 0 unspecified atom stereocenters. The fourth-order valence-electron chi connectivity index (χ4n) is 1.47. The fraction of sp³-hybridized carbons (Fsp3) is 0.500. The molecule has 0 saturated carbocycles. The monoisotopic (exact) mass is 253 g/mol. The molecule has 0 amide bonds. The van der Waals surface area contributed by atoms with Gasteiger partial charge in [0.15, 0.2) is 0 Å². The minimum absolute atomic E-state index is 0.0783. The Kier molecular flexibility index (Phi) is 5.78. The van der Waals surface area contributed by atoms with E-state index in [1.807, 2.05) is 13.8 Å². The van der Waals surface area contributed by atoms with Crippen molar-refractivity contribution in [3.63, 3.8) is 0 Å². The van der Waals surface area contributed by atoms with E-state index >= 15 is 0 Å². The average Bonchev–Trinajstić information content (AvgIpc) is 2.35. The van der Waals surface area contributed by atoms with Crippen LogP contribution < -0.4 is 5.73 Å². The molecule has 2 N–H and O–H groups in total. The second-order valence-electron chi connectivity index (χ2n) is 4.67. The van der Waals surface area contributed by atoms with Crippen LogP contribution >= 0.6 is 0 Å². The highest BCUT2D eigenvalue weighted by atomic mass is 19.1. The number of benzene rings is 1. The third-order valence-electron chi connectivity index (χ3n) is 2.76. The first-order chi connectivity index (χ1) is 8.50. The van der Waals surface area contributed by atoms with Crippen molar-refractivity contribution in [2.24, 2.45) is 11.7 Å². The summed E-state index contributed by atoms with van der Waals surface area (Å²) in [6.07, 6.45) is 1.46. The lowest BCUT2D eigenvalue weighted by Crippen LogP contribution is -2.37. The van der Waals surface area contributed by atoms with Gasteiger partial charge in [-0.15, -0.1) is 0 Å². The summed E-state index contributed by atoms with van der Waals surface area (Å²) in [5.74, 6) is -0.521. The van der Waals surface area contributed by atoms with E-state index in [4.69, 9.17) is 10.5 Å². The smallest absolute Gasteiger partial charge is 0.323 e. The normalized spacial score (nSPS) is 12.5. The van der Waals surface area contributed by atoms with Crippen molar-refractivity contribution in [3.05, 3.63) is 35.6 Å². The Morgan fingerprint density at radius 3 is 2.50 bits per heavy atom. The van der Waals surface area contributed by atoms with Crippen molar-refractivity contribution >= 4 is 5.97 Å². The molecular formula is C14H20FNO2. The van der Waals surface area contributed by atoms with Crippen molar-refractivity contribution in [1.29, 1.82) is 0 Å². The van der Waals surface area contributed by atoms with Gasteiger partial charge in [0.2, 0.25) is 0 Å².